The topological polar surface area (TPSA) is 475 Å². The summed E-state index contributed by atoms with van der Waals surface area (Å²) in [6.45, 7) is 14.4. The Morgan fingerprint density at radius 1 is 0.368 bits per heavy atom. The summed E-state index contributed by atoms with van der Waals surface area (Å²) in [6.07, 6.45) is 1.89. The number of aromatic nitrogens is 2. The standard InChI is InChI=1S/C13H15NO5S2.3C12H7F5O5.C10H16O5.C9H15NO4.C7H9NOS2.C3H9N.C3H8O2/c1-13(8-18-12(16)19-9-13)11(15)17-6-7-20-21-10-4-2-3-5-14-10;3*1-12(2-20-11(19)21-3-12)10(18)22-9-7(16)5(14)4(13)6(15)8(9)17;1-3-4-5-13-8(11)10(2)6-14-9(12)15-7-10;1-3-4-10-7(11)9(2)5-13-8(12)14-6-9;9-5-6-10-11-7-3-1-2-4-8-7;1-2-3-4;1-5-3-2-4/h2-5H,6-9H2,1H3;3*2-3H2,1H3;3-7H2,1-2H3;3-6H2,1-2H3,(H,10,11);1-4,9H,5-6H2;2-4H2,1H3;4H,2-3H2,1H3. The minimum Gasteiger partial charge on any atom is -0.465 e. The summed E-state index contributed by atoms with van der Waals surface area (Å²) in [5.74, 6) is -43.3. The van der Waals surface area contributed by atoms with Gasteiger partial charge in [0.1, 0.15) is 128 Å². The third-order valence-corrected chi connectivity index (χ3v) is 21.7. The van der Waals surface area contributed by atoms with Gasteiger partial charge in [-0.25, -0.2) is 78.2 Å². The van der Waals surface area contributed by atoms with Crippen LogP contribution in [0.15, 0.2) is 58.8 Å². The summed E-state index contributed by atoms with van der Waals surface area (Å²) in [5, 5.41) is 21.1. The number of amides is 1. The highest BCUT2D eigenvalue weighted by Gasteiger charge is 2.49. The normalized spacial score (nSPS) is 16.1. The van der Waals surface area contributed by atoms with Crippen molar-refractivity contribution in [2.24, 2.45) is 38.2 Å². The largest absolute Gasteiger partial charge is 0.508 e. The molecule has 36 nitrogen and oxygen atoms in total. The van der Waals surface area contributed by atoms with Gasteiger partial charge in [-0.2, -0.15) is 26.3 Å². The Hall–Kier alpha value is -11.4. The van der Waals surface area contributed by atoms with E-state index in [-0.39, 0.29) is 71.3 Å². The van der Waals surface area contributed by atoms with Crippen LogP contribution in [0.3, 0.4) is 0 Å². The van der Waals surface area contributed by atoms with Gasteiger partial charge in [-0.1, -0.05) is 60.9 Å². The molecule has 8 heterocycles. The predicted molar refractivity (Wildman–Crippen MR) is 439 cm³/mol. The lowest BCUT2D eigenvalue weighted by Crippen LogP contribution is -2.48. The molecule has 0 radical (unpaired) electrons. The fourth-order valence-corrected chi connectivity index (χ4v) is 12.3. The minimum absolute atomic E-state index is 0.0134. The highest BCUT2D eigenvalue weighted by molar-refractivity contribution is 8.77. The number of hydrogen-bond acceptors (Lipinski definition) is 39. The van der Waals surface area contributed by atoms with Gasteiger partial charge in [0.2, 0.25) is 110 Å². The van der Waals surface area contributed by atoms with Crippen LogP contribution in [0.4, 0.5) is 94.6 Å². The minimum atomic E-state index is -2.38. The van der Waals surface area contributed by atoms with Crippen molar-refractivity contribution in [1.29, 1.82) is 0 Å². The first kappa shape index (κ1) is 119. The number of pyridine rings is 2. The highest BCUT2D eigenvalue weighted by Crippen LogP contribution is 2.38. The number of esters is 5. The first-order valence-electron chi connectivity index (χ1n) is 39.5. The Morgan fingerprint density at radius 2 is 0.625 bits per heavy atom. The van der Waals surface area contributed by atoms with E-state index in [1.165, 1.54) is 10.8 Å². The number of hydrogen-bond donors (Lipinski definition) is 4. The van der Waals surface area contributed by atoms with Crippen molar-refractivity contribution in [1.82, 2.24) is 15.3 Å². The Morgan fingerprint density at radius 3 is 0.853 bits per heavy atom. The summed E-state index contributed by atoms with van der Waals surface area (Å²) < 4.78 is 279. The number of nitrogens with one attached hydrogen (secondary N) is 1. The molecule has 758 valence electrons. The van der Waals surface area contributed by atoms with Crippen LogP contribution in [0.1, 0.15) is 88.0 Å². The summed E-state index contributed by atoms with van der Waals surface area (Å²) in [6, 6.07) is 11.5. The number of carbonyl (C=O) groups excluding carboxylic acids is 12. The SMILES string of the molecule is CC1(C(=O)OCCSSc2ccccn2)COC(=O)OC1.CC1(C(=O)Oc2c(F)c(F)c(F)c(F)c2F)COC(=O)OC1.CC1(C(=O)Oc2c(F)c(F)c(F)c(F)c2F)COC(=O)OC1.CC1(C(=O)Oc2c(F)c(F)c(F)c(F)c2F)COC(=O)OC1.CCCCOC(=O)C1(C)COC(=O)OC1.CCCN.CCCNC(=O)C1(C)COC(=O)OC1.COCCO.OCCSSc1ccccn1. The molecule has 3 aromatic carbocycles. The average molecular weight is 2050 g/mol. The number of unbranched alkanes of at least 4 members (excludes halogenated alkanes) is 1. The van der Waals surface area contributed by atoms with Gasteiger partial charge in [0.05, 0.1) is 26.4 Å². The Labute approximate surface area is 780 Å². The van der Waals surface area contributed by atoms with Gasteiger partial charge < -0.3 is 107 Å². The third kappa shape index (κ3) is 36.9. The predicted octanol–water partition coefficient (Wildman–Crippen LogP) is 13.9. The van der Waals surface area contributed by atoms with Crippen LogP contribution in [0.2, 0.25) is 0 Å². The number of ether oxygens (including phenoxy) is 18. The van der Waals surface area contributed by atoms with Gasteiger partial charge in [0, 0.05) is 37.6 Å². The van der Waals surface area contributed by atoms with Crippen molar-refractivity contribution in [2.75, 3.05) is 144 Å². The number of nitrogens with two attached hydrogens (primary N) is 1. The number of carbonyl (C=O) groups is 12. The first-order valence-corrected chi connectivity index (χ1v) is 44.1. The molecule has 136 heavy (non-hydrogen) atoms. The molecule has 0 saturated carbocycles. The van der Waals surface area contributed by atoms with E-state index < -0.39 is 237 Å². The molecule has 0 atom stereocenters. The molecule has 5 N–H and O–H groups in total. The van der Waals surface area contributed by atoms with E-state index in [2.05, 4.69) is 88.5 Å². The molecule has 0 aliphatic carbocycles. The summed E-state index contributed by atoms with van der Waals surface area (Å²) >= 11 is 0. The molecule has 1 amide bonds. The van der Waals surface area contributed by atoms with E-state index in [9.17, 15) is 123 Å². The maximum atomic E-state index is 13.4. The van der Waals surface area contributed by atoms with Crippen molar-refractivity contribution >= 4 is 116 Å². The van der Waals surface area contributed by atoms with Crippen molar-refractivity contribution in [2.45, 2.75) is 98.0 Å². The maximum Gasteiger partial charge on any atom is 0.508 e. The third-order valence-electron chi connectivity index (χ3n) is 17.2. The van der Waals surface area contributed by atoms with Gasteiger partial charge >= 0.3 is 66.8 Å². The van der Waals surface area contributed by atoms with Crippen molar-refractivity contribution in [3.8, 4) is 17.2 Å². The fraction of sp³-hybridized carbons (Fsp3) is 0.506. The highest BCUT2D eigenvalue weighted by atomic mass is 33.1. The van der Waals surface area contributed by atoms with E-state index in [4.69, 9.17) is 34.9 Å². The number of benzene rings is 3. The van der Waals surface area contributed by atoms with E-state index in [1.54, 1.807) is 72.7 Å². The van der Waals surface area contributed by atoms with Crippen LogP contribution in [-0.4, -0.2) is 237 Å². The molecule has 0 spiro atoms. The zero-order valence-electron chi connectivity index (χ0n) is 73.7. The van der Waals surface area contributed by atoms with Crippen molar-refractivity contribution in [3.05, 3.63) is 136 Å². The summed E-state index contributed by atoms with van der Waals surface area (Å²) in [5.41, 5.74) is -2.48. The van der Waals surface area contributed by atoms with Crippen LogP contribution in [-0.2, 0) is 99.8 Å². The Bertz CT molecular complexity index is 4440. The number of halogens is 15. The van der Waals surface area contributed by atoms with Gasteiger partial charge in [-0.15, -0.1) is 0 Å². The molecule has 2 aromatic heterocycles. The van der Waals surface area contributed by atoms with Crippen molar-refractivity contribution < 1.29 is 219 Å². The lowest BCUT2D eigenvalue weighted by molar-refractivity contribution is -0.166. The quantitative estimate of drug-likeness (QED) is 0.00584. The molecule has 55 heteroatoms. The molecule has 6 fully saturated rings. The van der Waals surface area contributed by atoms with Crippen LogP contribution in [0, 0.1) is 120 Å². The molecule has 0 bridgehead atoms. The lowest BCUT2D eigenvalue weighted by atomic mass is 9.91. The van der Waals surface area contributed by atoms with Gasteiger partial charge in [-0.3, -0.25) is 28.8 Å². The molecular formula is C81H93F15N4O32S4. The van der Waals surface area contributed by atoms with Crippen LogP contribution in [0.5, 0.6) is 17.2 Å². The number of rotatable bonds is 26. The number of methoxy groups -OCH3 is 1. The van der Waals surface area contributed by atoms with Crippen LogP contribution >= 0.6 is 43.2 Å². The fourth-order valence-electron chi connectivity index (χ4n) is 8.91. The second-order valence-corrected chi connectivity index (χ2v) is 34.3. The number of aliphatic hydroxyl groups is 2. The second-order valence-electron chi connectivity index (χ2n) is 29.5. The molecule has 6 aliphatic heterocycles. The maximum absolute atomic E-state index is 13.4. The van der Waals surface area contributed by atoms with Gasteiger partial charge in [0.25, 0.3) is 0 Å². The molecule has 6 saturated heterocycles. The lowest BCUT2D eigenvalue weighted by Gasteiger charge is -2.30. The van der Waals surface area contributed by atoms with Gasteiger partial charge in [-0.05, 0) is 113 Å². The number of aliphatic hydroxyl groups excluding tert-OH is 2. The summed E-state index contributed by atoms with van der Waals surface area (Å²) in [7, 11) is 7.83. The van der Waals surface area contributed by atoms with Crippen LogP contribution in [0.25, 0.3) is 0 Å². The average Bonchev–Trinajstić information content (AvgIpc) is 0.787. The van der Waals surface area contributed by atoms with E-state index in [0.717, 1.165) is 68.8 Å². The smallest absolute Gasteiger partial charge is 0.465 e. The second kappa shape index (κ2) is 58.2. The Balaban J connectivity index is 0.000000406. The monoisotopic (exact) mass is 2050 g/mol. The molecule has 0 unspecified atom stereocenters. The molecule has 5 aromatic rings. The number of cyclic esters (lactones) is 12. The summed E-state index contributed by atoms with van der Waals surface area (Å²) in [4.78, 5) is 143. The van der Waals surface area contributed by atoms with Crippen LogP contribution < -0.4 is 25.3 Å². The number of nitrogens with zero attached hydrogens (tertiary/aromatic N) is 2. The zero-order chi connectivity index (χ0) is 102. The van der Waals surface area contributed by atoms with E-state index >= 15 is 0 Å². The van der Waals surface area contributed by atoms with E-state index in [1.807, 2.05) is 50.2 Å². The molecule has 6 aliphatic rings. The Kier molecular flexibility index (Phi) is 50.9. The van der Waals surface area contributed by atoms with Gasteiger partial charge in [0.15, 0.2) is 0 Å². The first-order chi connectivity index (χ1) is 64.0. The molecule has 11 rings (SSSR count). The zero-order valence-corrected chi connectivity index (χ0v) is 77.0. The van der Waals surface area contributed by atoms with Crippen molar-refractivity contribution in [3.63, 3.8) is 0 Å². The molecular weight excluding hydrogens is 1950 g/mol. The van der Waals surface area contributed by atoms with E-state index in [0.29, 0.717) is 25.5 Å².